The van der Waals surface area contributed by atoms with Crippen LogP contribution in [0.1, 0.15) is 20.3 Å². The minimum absolute atomic E-state index is 0.0830. The summed E-state index contributed by atoms with van der Waals surface area (Å²) in [5.74, 6) is -2.49. The number of ether oxygens (including phenoxy) is 1. The summed E-state index contributed by atoms with van der Waals surface area (Å²) in [5.41, 5.74) is 5.48. The van der Waals surface area contributed by atoms with E-state index in [4.69, 9.17) is 15.9 Å². The molecule has 0 aliphatic carbocycles. The molecule has 0 bridgehead atoms. The van der Waals surface area contributed by atoms with E-state index >= 15 is 0 Å². The second-order valence-electron chi connectivity index (χ2n) is 5.15. The standard InChI is InChI=1S/C12H23NO8/c1-5(2)3-6(13)11(19)21-12(20)10(18)9(17)8(16)7(15)4-14/h5-10,14-18H,3-4,13H2,1-2H3/t6-,7+,8+,9-,10+/m0/s1. The molecule has 9 heteroatoms. The number of carbonyl (C=O) groups excluding carboxylic acids is 2. The van der Waals surface area contributed by atoms with Gasteiger partial charge in [0.1, 0.15) is 24.4 Å². The van der Waals surface area contributed by atoms with E-state index < -0.39 is 49.0 Å². The van der Waals surface area contributed by atoms with Crippen LogP contribution in [0.2, 0.25) is 0 Å². The fourth-order valence-corrected chi connectivity index (χ4v) is 1.50. The highest BCUT2D eigenvalue weighted by atomic mass is 16.6. The van der Waals surface area contributed by atoms with E-state index in [1.54, 1.807) is 13.8 Å². The molecule has 0 amide bonds. The van der Waals surface area contributed by atoms with Crippen molar-refractivity contribution in [3.8, 4) is 0 Å². The van der Waals surface area contributed by atoms with Gasteiger partial charge in [0.25, 0.3) is 0 Å². The fourth-order valence-electron chi connectivity index (χ4n) is 1.50. The van der Waals surface area contributed by atoms with E-state index in [1.807, 2.05) is 0 Å². The first kappa shape index (κ1) is 19.9. The Labute approximate surface area is 122 Å². The van der Waals surface area contributed by atoms with Gasteiger partial charge in [-0.2, -0.15) is 0 Å². The number of nitrogens with two attached hydrogens (primary N) is 1. The van der Waals surface area contributed by atoms with Crippen molar-refractivity contribution in [1.29, 1.82) is 0 Å². The zero-order valence-corrected chi connectivity index (χ0v) is 11.9. The lowest BCUT2D eigenvalue weighted by molar-refractivity contribution is -0.177. The van der Waals surface area contributed by atoms with Crippen molar-refractivity contribution in [2.24, 2.45) is 11.7 Å². The molecule has 0 aliphatic rings. The Bertz CT molecular complexity index is 348. The second-order valence-corrected chi connectivity index (χ2v) is 5.15. The number of rotatable bonds is 8. The molecule has 5 atom stereocenters. The third-order valence-electron chi connectivity index (χ3n) is 2.73. The van der Waals surface area contributed by atoms with E-state index in [-0.39, 0.29) is 12.3 Å². The van der Waals surface area contributed by atoms with E-state index in [0.717, 1.165) is 0 Å². The second kappa shape index (κ2) is 9.03. The lowest BCUT2D eigenvalue weighted by Gasteiger charge is -2.24. The molecule has 0 saturated carbocycles. The third kappa shape index (κ3) is 6.46. The van der Waals surface area contributed by atoms with Gasteiger partial charge in [0.2, 0.25) is 0 Å². The first-order valence-electron chi connectivity index (χ1n) is 6.46. The number of esters is 2. The number of aliphatic hydroxyl groups excluding tert-OH is 5. The van der Waals surface area contributed by atoms with Crippen molar-refractivity contribution in [3.63, 3.8) is 0 Å². The Morgan fingerprint density at radius 3 is 2.00 bits per heavy atom. The molecule has 124 valence electrons. The minimum atomic E-state index is -2.27. The van der Waals surface area contributed by atoms with Crippen molar-refractivity contribution >= 4 is 11.9 Å². The molecule has 0 fully saturated rings. The molecule has 0 aliphatic heterocycles. The zero-order valence-electron chi connectivity index (χ0n) is 11.9. The van der Waals surface area contributed by atoms with Crippen LogP contribution in [0.4, 0.5) is 0 Å². The highest BCUT2D eigenvalue weighted by Crippen LogP contribution is 2.09. The van der Waals surface area contributed by atoms with Crippen LogP contribution in [0.5, 0.6) is 0 Å². The number of carbonyl (C=O) groups is 2. The molecular formula is C12H23NO8. The summed E-state index contributed by atoms with van der Waals surface area (Å²) in [4.78, 5) is 22.9. The zero-order chi connectivity index (χ0) is 16.7. The average molecular weight is 309 g/mol. The van der Waals surface area contributed by atoms with Crippen molar-refractivity contribution in [2.45, 2.75) is 50.7 Å². The number of hydrogen-bond acceptors (Lipinski definition) is 9. The third-order valence-corrected chi connectivity index (χ3v) is 2.73. The van der Waals surface area contributed by atoms with Gasteiger partial charge < -0.3 is 36.0 Å². The summed E-state index contributed by atoms with van der Waals surface area (Å²) < 4.78 is 4.29. The van der Waals surface area contributed by atoms with E-state index in [0.29, 0.717) is 0 Å². The van der Waals surface area contributed by atoms with Crippen LogP contribution in [0.15, 0.2) is 0 Å². The van der Waals surface area contributed by atoms with Crippen molar-refractivity contribution in [1.82, 2.24) is 0 Å². The largest absolute Gasteiger partial charge is 0.394 e. The smallest absolute Gasteiger partial charge is 0.345 e. The highest BCUT2D eigenvalue weighted by molar-refractivity contribution is 5.90. The molecule has 0 aromatic carbocycles. The molecule has 0 saturated heterocycles. The molecule has 0 heterocycles. The summed E-state index contributed by atoms with van der Waals surface area (Å²) >= 11 is 0. The lowest BCUT2D eigenvalue weighted by Crippen LogP contribution is -2.50. The maximum absolute atomic E-state index is 11.5. The van der Waals surface area contributed by atoms with Gasteiger partial charge in [0, 0.05) is 0 Å². The van der Waals surface area contributed by atoms with Crippen LogP contribution < -0.4 is 5.73 Å². The minimum Gasteiger partial charge on any atom is -0.394 e. The maximum atomic E-state index is 11.5. The summed E-state index contributed by atoms with van der Waals surface area (Å²) in [6.45, 7) is 2.72. The molecule has 7 N–H and O–H groups in total. The molecule has 0 spiro atoms. The fraction of sp³-hybridized carbons (Fsp3) is 0.833. The van der Waals surface area contributed by atoms with Crippen LogP contribution in [0, 0.1) is 5.92 Å². The summed E-state index contributed by atoms with van der Waals surface area (Å²) in [6.07, 6.45) is -7.89. The van der Waals surface area contributed by atoms with Gasteiger partial charge in [-0.15, -0.1) is 0 Å². The van der Waals surface area contributed by atoms with Gasteiger partial charge >= 0.3 is 11.9 Å². The first-order chi connectivity index (χ1) is 9.61. The number of hydrogen-bond donors (Lipinski definition) is 6. The van der Waals surface area contributed by atoms with Gasteiger partial charge in [-0.1, -0.05) is 13.8 Å². The van der Waals surface area contributed by atoms with Crippen LogP contribution in [-0.4, -0.2) is 74.5 Å². The predicted octanol–water partition coefficient (Wildman–Crippen LogP) is -3.13. The molecule has 21 heavy (non-hydrogen) atoms. The van der Waals surface area contributed by atoms with E-state index in [9.17, 15) is 24.9 Å². The van der Waals surface area contributed by atoms with Crippen molar-refractivity contribution in [2.75, 3.05) is 6.61 Å². The lowest BCUT2D eigenvalue weighted by atomic mass is 10.0. The normalized spacial score (nSPS) is 18.7. The van der Waals surface area contributed by atoms with Crippen molar-refractivity contribution < 1.29 is 39.9 Å². The molecule has 0 rings (SSSR count). The van der Waals surface area contributed by atoms with Crippen LogP contribution in [0.25, 0.3) is 0 Å². The first-order valence-corrected chi connectivity index (χ1v) is 6.46. The predicted molar refractivity (Wildman–Crippen MR) is 69.6 cm³/mol. The summed E-state index contributed by atoms with van der Waals surface area (Å²) in [6, 6.07) is -1.06. The van der Waals surface area contributed by atoms with Crippen LogP contribution >= 0.6 is 0 Å². The molecular weight excluding hydrogens is 286 g/mol. The van der Waals surface area contributed by atoms with Gasteiger partial charge in [-0.3, -0.25) is 0 Å². The Morgan fingerprint density at radius 2 is 1.57 bits per heavy atom. The van der Waals surface area contributed by atoms with Gasteiger partial charge in [0.15, 0.2) is 6.10 Å². The van der Waals surface area contributed by atoms with Gasteiger partial charge in [-0.25, -0.2) is 9.59 Å². The monoisotopic (exact) mass is 309 g/mol. The quantitative estimate of drug-likeness (QED) is 0.200. The Kier molecular flexibility index (Phi) is 8.55. The number of aliphatic hydroxyl groups is 5. The molecule has 9 nitrogen and oxygen atoms in total. The molecule has 0 radical (unpaired) electrons. The Balaban J connectivity index is 4.54. The van der Waals surface area contributed by atoms with Gasteiger partial charge in [-0.05, 0) is 12.3 Å². The van der Waals surface area contributed by atoms with Gasteiger partial charge in [0.05, 0.1) is 6.61 Å². The van der Waals surface area contributed by atoms with E-state index in [2.05, 4.69) is 4.74 Å². The van der Waals surface area contributed by atoms with E-state index in [1.165, 1.54) is 0 Å². The molecule has 0 aromatic heterocycles. The summed E-state index contributed by atoms with van der Waals surface area (Å²) in [5, 5.41) is 45.9. The molecule has 0 aromatic rings. The Hall–Kier alpha value is -1.10. The van der Waals surface area contributed by atoms with Crippen LogP contribution in [-0.2, 0) is 14.3 Å². The van der Waals surface area contributed by atoms with Crippen molar-refractivity contribution in [3.05, 3.63) is 0 Å². The summed E-state index contributed by atoms with van der Waals surface area (Å²) in [7, 11) is 0. The Morgan fingerprint density at radius 1 is 1.05 bits per heavy atom. The average Bonchev–Trinajstić information content (AvgIpc) is 2.42. The maximum Gasteiger partial charge on any atom is 0.345 e. The molecule has 0 unspecified atom stereocenters. The SMILES string of the molecule is CC(C)C[C@H](N)C(=O)OC(=O)[C@H](O)[C@@H](O)[C@H](O)[C@H](O)CO. The highest BCUT2D eigenvalue weighted by Gasteiger charge is 2.36. The van der Waals surface area contributed by atoms with Crippen LogP contribution in [0.3, 0.4) is 0 Å². The topological polar surface area (TPSA) is 171 Å².